The van der Waals surface area contributed by atoms with E-state index in [0.29, 0.717) is 18.8 Å². The summed E-state index contributed by atoms with van der Waals surface area (Å²) >= 11 is 0. The van der Waals surface area contributed by atoms with Gasteiger partial charge in [-0.1, -0.05) is 25.6 Å². The van der Waals surface area contributed by atoms with Gasteiger partial charge in [0.1, 0.15) is 0 Å². The molecule has 0 aromatic rings. The monoisotopic (exact) mass is 136 g/mol. The van der Waals surface area contributed by atoms with Crippen molar-refractivity contribution in [3.05, 3.63) is 0 Å². The van der Waals surface area contributed by atoms with Crippen LogP contribution < -0.4 is 5.32 Å². The molecule has 0 heterocycles. The van der Waals surface area contributed by atoms with E-state index >= 15 is 0 Å². The van der Waals surface area contributed by atoms with E-state index in [2.05, 4.69) is 30.9 Å². The fourth-order valence-corrected chi connectivity index (χ4v) is 0.369. The predicted molar refractivity (Wildman–Crippen MR) is 42.7 cm³/mol. The molecule has 53 valence electrons. The molecular weight excluding hydrogens is 125 g/mol. The van der Waals surface area contributed by atoms with Crippen molar-refractivity contribution in [2.24, 2.45) is 0 Å². The summed E-state index contributed by atoms with van der Waals surface area (Å²) in [7, 11) is 1.90. The zero-order valence-electron chi connectivity index (χ0n) is 6.35. The molecule has 0 rings (SSSR count). The summed E-state index contributed by atoms with van der Waals surface area (Å²) in [4.78, 5) is 9.71. The molecule has 0 saturated heterocycles. The minimum absolute atomic E-state index is 0.437. The average molecular weight is 136 g/mol. The Morgan fingerprint density at radius 3 is 2.90 bits per heavy atom. The molecule has 0 aliphatic rings. The van der Waals surface area contributed by atoms with E-state index in [1.807, 2.05) is 7.28 Å². The Balaban J connectivity index is 3.22. The zero-order chi connectivity index (χ0) is 7.82. The van der Waals surface area contributed by atoms with Gasteiger partial charge in [0.25, 0.3) is 0 Å². The van der Waals surface area contributed by atoms with Gasteiger partial charge in [-0.05, 0) is 0 Å². The molecule has 0 atom stereocenters. The van der Waals surface area contributed by atoms with Gasteiger partial charge in [-0.2, -0.15) is 5.82 Å². The summed E-state index contributed by atoms with van der Waals surface area (Å²) in [5.41, 5.74) is 0. The highest BCUT2D eigenvalue weighted by Gasteiger charge is 1.89. The van der Waals surface area contributed by atoms with Gasteiger partial charge in [0.15, 0.2) is 0 Å². The third-order valence-corrected chi connectivity index (χ3v) is 0.793. The number of amides is 1. The van der Waals surface area contributed by atoms with Crippen LogP contribution in [0.5, 0.6) is 0 Å². The number of carbonyl (C=O) groups is 1. The van der Waals surface area contributed by atoms with Crippen molar-refractivity contribution in [1.29, 1.82) is 0 Å². The molecular formula is C7H11BNO. The highest BCUT2D eigenvalue weighted by molar-refractivity contribution is 6.47. The van der Waals surface area contributed by atoms with E-state index < -0.39 is 0 Å². The molecule has 10 heavy (non-hydrogen) atoms. The van der Waals surface area contributed by atoms with Crippen molar-refractivity contribution in [2.45, 2.75) is 19.7 Å². The molecule has 0 saturated carbocycles. The van der Waals surface area contributed by atoms with Crippen LogP contribution in [-0.4, -0.2) is 20.2 Å². The lowest BCUT2D eigenvalue weighted by molar-refractivity contribution is -0.109. The summed E-state index contributed by atoms with van der Waals surface area (Å²) in [6.07, 6.45) is 0.643. The molecule has 0 aliphatic carbocycles. The van der Waals surface area contributed by atoms with Crippen LogP contribution in [0.25, 0.3) is 0 Å². The lowest BCUT2D eigenvalue weighted by Gasteiger charge is -1.90. The molecule has 1 radical (unpaired) electrons. The smallest absolute Gasteiger partial charge is 0.218 e. The van der Waals surface area contributed by atoms with E-state index in [1.165, 1.54) is 0 Å². The molecule has 1 amide bonds. The third kappa shape index (κ3) is 7.09. The fourth-order valence-electron chi connectivity index (χ4n) is 0.369. The Bertz CT molecular complexity index is 145. The van der Waals surface area contributed by atoms with Crippen molar-refractivity contribution in [3.8, 4) is 11.7 Å². The average Bonchev–Trinajstić information content (AvgIpc) is 1.87. The maximum atomic E-state index is 9.71. The first kappa shape index (κ1) is 9.09. The van der Waals surface area contributed by atoms with Gasteiger partial charge >= 0.3 is 0 Å². The van der Waals surface area contributed by atoms with Crippen molar-refractivity contribution < 1.29 is 4.79 Å². The lowest BCUT2D eigenvalue weighted by atomic mass is 9.67. The minimum Gasteiger partial charge on any atom is -0.348 e. The van der Waals surface area contributed by atoms with E-state index in [-0.39, 0.29) is 0 Å². The Labute approximate surface area is 62.6 Å². The highest BCUT2D eigenvalue weighted by atomic mass is 16.1. The van der Waals surface area contributed by atoms with Crippen LogP contribution in [0.1, 0.15) is 13.8 Å². The molecule has 0 aliphatic heterocycles. The van der Waals surface area contributed by atoms with Gasteiger partial charge in [0, 0.05) is 0 Å². The highest BCUT2D eigenvalue weighted by Crippen LogP contribution is 1.93. The van der Waals surface area contributed by atoms with E-state index in [0.717, 1.165) is 0 Å². The Morgan fingerprint density at radius 1 is 1.70 bits per heavy atom. The van der Waals surface area contributed by atoms with Crippen molar-refractivity contribution in [2.75, 3.05) is 6.54 Å². The van der Waals surface area contributed by atoms with Gasteiger partial charge in [-0.15, -0.1) is 0 Å². The van der Waals surface area contributed by atoms with E-state index in [9.17, 15) is 4.79 Å². The Morgan fingerprint density at radius 2 is 2.40 bits per heavy atom. The van der Waals surface area contributed by atoms with E-state index in [4.69, 9.17) is 0 Å². The number of rotatable bonds is 3. The summed E-state index contributed by atoms with van der Waals surface area (Å²) in [5, 5.41) is 2.45. The first-order chi connectivity index (χ1) is 4.77. The maximum Gasteiger partial charge on any atom is 0.218 e. The van der Waals surface area contributed by atoms with Gasteiger partial charge < -0.3 is 5.32 Å². The summed E-state index contributed by atoms with van der Waals surface area (Å²) in [6, 6.07) is 0. The van der Waals surface area contributed by atoms with Crippen molar-refractivity contribution in [3.63, 3.8) is 0 Å². The first-order valence-corrected chi connectivity index (χ1v) is 3.26. The number of carbonyl (C=O) groups excluding carboxylic acids is 1. The predicted octanol–water partition coefficient (Wildman–Crippen LogP) is 0.226. The Kier molecular flexibility index (Phi) is 5.66. The van der Waals surface area contributed by atoms with Crippen LogP contribution in [0.15, 0.2) is 0 Å². The standard InChI is InChI=1S/C7H11BNO/c1-7(2)8-4-3-5-9-6-10/h6-7H,5H2,1-2H3,(H,9,10). The van der Waals surface area contributed by atoms with Gasteiger partial charge in [0.2, 0.25) is 13.7 Å². The second-order valence-electron chi connectivity index (χ2n) is 2.23. The van der Waals surface area contributed by atoms with Crippen LogP contribution in [0.3, 0.4) is 0 Å². The molecule has 0 aromatic carbocycles. The van der Waals surface area contributed by atoms with Crippen molar-refractivity contribution >= 4 is 13.7 Å². The lowest BCUT2D eigenvalue weighted by Crippen LogP contribution is -2.10. The van der Waals surface area contributed by atoms with Gasteiger partial charge in [-0.3, -0.25) is 4.79 Å². The first-order valence-electron chi connectivity index (χ1n) is 3.26. The third-order valence-electron chi connectivity index (χ3n) is 0.793. The largest absolute Gasteiger partial charge is 0.348 e. The summed E-state index contributed by atoms with van der Waals surface area (Å²) < 4.78 is 0. The van der Waals surface area contributed by atoms with Crippen LogP contribution >= 0.6 is 0 Å². The number of hydrogen-bond acceptors (Lipinski definition) is 1. The van der Waals surface area contributed by atoms with Crippen LogP contribution in [0.2, 0.25) is 5.82 Å². The zero-order valence-corrected chi connectivity index (χ0v) is 6.35. The second-order valence-corrected chi connectivity index (χ2v) is 2.23. The maximum absolute atomic E-state index is 9.71. The topological polar surface area (TPSA) is 29.1 Å². The SMILES string of the molecule is CC(C)[B]C#CCNC=O. The number of hydrogen-bond donors (Lipinski definition) is 1. The molecule has 3 heteroatoms. The van der Waals surface area contributed by atoms with Crippen molar-refractivity contribution in [1.82, 2.24) is 5.32 Å². The van der Waals surface area contributed by atoms with Gasteiger partial charge in [0.05, 0.1) is 6.54 Å². The fraction of sp³-hybridized carbons (Fsp3) is 0.571. The van der Waals surface area contributed by atoms with Crippen LogP contribution in [0.4, 0.5) is 0 Å². The molecule has 0 spiro atoms. The van der Waals surface area contributed by atoms with Gasteiger partial charge in [-0.25, -0.2) is 0 Å². The molecule has 0 bridgehead atoms. The molecule has 0 fully saturated rings. The second kappa shape index (κ2) is 6.22. The molecule has 2 nitrogen and oxygen atoms in total. The van der Waals surface area contributed by atoms with Crippen LogP contribution in [0, 0.1) is 11.7 Å². The summed E-state index contributed by atoms with van der Waals surface area (Å²) in [6.45, 7) is 4.55. The van der Waals surface area contributed by atoms with E-state index in [1.54, 1.807) is 0 Å². The van der Waals surface area contributed by atoms with Crippen LogP contribution in [-0.2, 0) is 4.79 Å². The quantitative estimate of drug-likeness (QED) is 0.256. The summed E-state index contributed by atoms with van der Waals surface area (Å²) in [5.74, 6) is 6.08. The number of nitrogens with one attached hydrogen (secondary N) is 1. The molecule has 0 unspecified atom stereocenters. The Hall–Kier alpha value is -0.905. The molecule has 0 aromatic heterocycles. The minimum atomic E-state index is 0.437. The normalized spacial score (nSPS) is 7.90. The molecule has 1 N–H and O–H groups in total.